The molecule has 3 saturated heterocycles. The number of hydrogen-bond acceptors (Lipinski definition) is 18. The van der Waals surface area contributed by atoms with Gasteiger partial charge in [0.1, 0.15) is 60.4 Å². The molecule has 0 bridgehead atoms. The second-order valence-corrected chi connectivity index (χ2v) is 21.3. The predicted molar refractivity (Wildman–Crippen MR) is 280 cm³/mol. The SMILES string of the molecule is CC[C@H](C)C[C@H](C)CCCCCCCCC(=O)NC1C[C@@H](O)C(NCCN)NC(=O)[C@@H]2[C@@H](O)CCN2C(=O)[C@H]([C@H](O)CCN)NC(=O)[C@H]([C@H](O)[C@@H](O)c2ccc(O)cc2)NC(=O)[C@@H]2C[C@@H](O)CN2C(=O)[C@H]([C@@H](C)O)NC1=O. The fraction of sp³-hybridized carbons (Fsp3) is 0.750. The molecular formula is C52H88N10O15. The quantitative estimate of drug-likeness (QED) is 0.0477. The Bertz CT molecular complexity index is 2070. The molecular weight excluding hydrogens is 1000 g/mol. The molecule has 0 aliphatic carbocycles. The third-order valence-electron chi connectivity index (χ3n) is 14.9. The fourth-order valence-electron chi connectivity index (χ4n) is 10.2. The molecule has 0 spiro atoms. The van der Waals surface area contributed by atoms with Crippen molar-refractivity contribution in [2.24, 2.45) is 23.3 Å². The Labute approximate surface area is 450 Å². The van der Waals surface area contributed by atoms with Gasteiger partial charge in [-0.25, -0.2) is 0 Å². The molecule has 25 nitrogen and oxygen atoms in total. The van der Waals surface area contributed by atoms with Crippen LogP contribution in [0.5, 0.6) is 5.75 Å². The van der Waals surface area contributed by atoms with Gasteiger partial charge < -0.3 is 88.7 Å². The lowest BCUT2D eigenvalue weighted by molar-refractivity contribution is -0.148. The number of nitrogens with two attached hydrogens (primary N) is 2. The Morgan fingerprint density at radius 1 is 0.714 bits per heavy atom. The van der Waals surface area contributed by atoms with Crippen molar-refractivity contribution < 1.29 is 74.4 Å². The summed E-state index contributed by atoms with van der Waals surface area (Å²) in [6.45, 7) is 6.73. The topological polar surface area (TPSA) is 412 Å². The number of nitrogens with one attached hydrogen (secondary N) is 6. The zero-order chi connectivity index (χ0) is 57.1. The fourth-order valence-corrected chi connectivity index (χ4v) is 10.2. The van der Waals surface area contributed by atoms with Gasteiger partial charge in [-0.2, -0.15) is 0 Å². The number of aliphatic hydroxyl groups is 7. The summed E-state index contributed by atoms with van der Waals surface area (Å²) in [5, 5.41) is 104. The normalized spacial score (nSPS) is 28.6. The molecule has 3 aliphatic heterocycles. The summed E-state index contributed by atoms with van der Waals surface area (Å²) < 4.78 is 0. The summed E-state index contributed by atoms with van der Waals surface area (Å²) in [4.78, 5) is 102. The molecule has 0 saturated carbocycles. The maximum atomic E-state index is 14.6. The maximum absolute atomic E-state index is 14.6. The van der Waals surface area contributed by atoms with Crippen LogP contribution in [0.4, 0.5) is 0 Å². The Morgan fingerprint density at radius 3 is 1.97 bits per heavy atom. The highest BCUT2D eigenvalue weighted by Crippen LogP contribution is 2.27. The molecule has 18 N–H and O–H groups in total. The van der Waals surface area contributed by atoms with Crippen molar-refractivity contribution in [3.05, 3.63) is 29.8 Å². The Kier molecular flexibility index (Phi) is 26.4. The molecule has 3 aliphatic rings. The van der Waals surface area contributed by atoms with E-state index in [-0.39, 0.29) is 56.8 Å². The Hall–Kier alpha value is -5.09. The van der Waals surface area contributed by atoms with E-state index in [1.54, 1.807) is 0 Å². The van der Waals surface area contributed by atoms with Crippen LogP contribution < -0.4 is 43.4 Å². The van der Waals surface area contributed by atoms with Crippen LogP contribution in [-0.4, -0.2) is 204 Å². The standard InChI is InChI=1S/C52H88N10O15/c1-5-28(2)24-29(3)12-10-8-6-7-9-11-13-39(69)56-34-26-38(68)46(55-22-21-54)60-50(75)43-37(67)19-23-61(43)52(77)41(36(66)18-20-53)58-49(74)42(45(71)44(70)31-14-16-32(64)17-15-31)59-48(73)35-25-33(65)27-62(35)51(76)40(30(4)63)57-47(34)72/h14-17,28-30,33-38,40-46,55,63-68,70-71H,5-13,18-27,53-54H2,1-4H3,(H,56,69)(H,57,72)(H,58,74)(H,59,73)(H,60,75)/t28-,29+,30+,33+,34?,35-,36+,37-,38+,40-,41-,42-,43-,44-,45-,46?/m0/s1. The molecule has 77 heavy (non-hydrogen) atoms. The van der Waals surface area contributed by atoms with Crippen molar-refractivity contribution in [1.29, 1.82) is 0 Å². The number of carbonyl (C=O) groups excluding carboxylic acids is 7. The molecule has 0 radical (unpaired) electrons. The van der Waals surface area contributed by atoms with Gasteiger partial charge in [0.2, 0.25) is 41.4 Å². The van der Waals surface area contributed by atoms with Crippen molar-refractivity contribution in [3.63, 3.8) is 0 Å². The highest BCUT2D eigenvalue weighted by molar-refractivity contribution is 5.98. The van der Waals surface area contributed by atoms with Crippen LogP contribution in [-0.2, 0) is 33.6 Å². The molecule has 0 aromatic heterocycles. The monoisotopic (exact) mass is 1090 g/mol. The minimum atomic E-state index is -2.28. The summed E-state index contributed by atoms with van der Waals surface area (Å²) in [6.07, 6.45) is -6.95. The molecule has 3 heterocycles. The summed E-state index contributed by atoms with van der Waals surface area (Å²) >= 11 is 0. The third kappa shape index (κ3) is 18.8. The van der Waals surface area contributed by atoms with Crippen molar-refractivity contribution >= 4 is 41.4 Å². The van der Waals surface area contributed by atoms with E-state index in [0.29, 0.717) is 24.7 Å². The van der Waals surface area contributed by atoms with Crippen molar-refractivity contribution in [3.8, 4) is 5.75 Å². The first kappa shape index (κ1) is 64.4. The van der Waals surface area contributed by atoms with Gasteiger partial charge in [-0.15, -0.1) is 0 Å². The van der Waals surface area contributed by atoms with Gasteiger partial charge in [0.15, 0.2) is 0 Å². The maximum Gasteiger partial charge on any atom is 0.248 e. The number of phenols is 1. The smallest absolute Gasteiger partial charge is 0.248 e. The van der Waals surface area contributed by atoms with Gasteiger partial charge in [-0.1, -0.05) is 77.8 Å². The number of nitrogens with zero attached hydrogens (tertiary/aromatic N) is 2. The number of fused-ring (bicyclic) bond motifs is 2. The number of unbranched alkanes of at least 4 members (excludes halogenated alkanes) is 5. The van der Waals surface area contributed by atoms with Crippen LogP contribution in [0.1, 0.15) is 129 Å². The Balaban J connectivity index is 1.73. The van der Waals surface area contributed by atoms with Gasteiger partial charge in [0.05, 0.1) is 30.5 Å². The van der Waals surface area contributed by atoms with E-state index in [0.717, 1.165) is 55.2 Å². The molecule has 1 aromatic rings. The summed E-state index contributed by atoms with van der Waals surface area (Å²) in [7, 11) is 0. The lowest BCUT2D eigenvalue weighted by Gasteiger charge is -2.35. The molecule has 436 valence electrons. The van der Waals surface area contributed by atoms with Gasteiger partial charge >= 0.3 is 0 Å². The summed E-state index contributed by atoms with van der Waals surface area (Å²) in [6, 6.07) is -6.40. The molecule has 3 fully saturated rings. The molecule has 2 unspecified atom stereocenters. The third-order valence-corrected chi connectivity index (χ3v) is 14.9. The van der Waals surface area contributed by atoms with E-state index >= 15 is 0 Å². The average Bonchev–Trinajstić information content (AvgIpc) is 3.99. The number of amides is 7. The van der Waals surface area contributed by atoms with Crippen molar-refractivity contribution in [1.82, 2.24) is 41.7 Å². The van der Waals surface area contributed by atoms with Gasteiger partial charge in [0.25, 0.3) is 0 Å². The number of aromatic hydroxyl groups is 1. The first-order valence-corrected chi connectivity index (χ1v) is 27.3. The van der Waals surface area contributed by atoms with E-state index in [4.69, 9.17) is 11.5 Å². The molecule has 1 aromatic carbocycles. The molecule has 25 heteroatoms. The first-order valence-electron chi connectivity index (χ1n) is 27.3. The van der Waals surface area contributed by atoms with Crippen LogP contribution in [0, 0.1) is 11.8 Å². The molecule has 7 amide bonds. The number of benzene rings is 1. The van der Waals surface area contributed by atoms with Crippen LogP contribution in [0.3, 0.4) is 0 Å². The first-order chi connectivity index (χ1) is 36.5. The summed E-state index contributed by atoms with van der Waals surface area (Å²) in [5.41, 5.74) is 11.5. The number of hydrogen-bond donors (Lipinski definition) is 16. The highest BCUT2D eigenvalue weighted by atomic mass is 16.3. The van der Waals surface area contributed by atoms with Crippen LogP contribution in [0.2, 0.25) is 0 Å². The van der Waals surface area contributed by atoms with Gasteiger partial charge in [-0.05, 0) is 68.7 Å². The van der Waals surface area contributed by atoms with E-state index < -0.39 is 146 Å². The van der Waals surface area contributed by atoms with Gasteiger partial charge in [0, 0.05) is 45.4 Å². The predicted octanol–water partition coefficient (Wildman–Crippen LogP) is -3.31. The summed E-state index contributed by atoms with van der Waals surface area (Å²) in [5.74, 6) is -6.43. The van der Waals surface area contributed by atoms with Crippen molar-refractivity contribution in [2.75, 3.05) is 32.7 Å². The minimum absolute atomic E-state index is 0.0257. The van der Waals surface area contributed by atoms with E-state index in [1.807, 2.05) is 0 Å². The second-order valence-electron chi connectivity index (χ2n) is 21.3. The van der Waals surface area contributed by atoms with E-state index in [1.165, 1.54) is 30.7 Å². The molecule has 4 rings (SSSR count). The average molecular weight is 1090 g/mol. The zero-order valence-electron chi connectivity index (χ0n) is 45.0. The number of rotatable bonds is 23. The lowest BCUT2D eigenvalue weighted by Crippen LogP contribution is -2.65. The highest BCUT2D eigenvalue weighted by Gasteiger charge is 2.49. The number of aliphatic hydroxyl groups excluding tert-OH is 7. The zero-order valence-corrected chi connectivity index (χ0v) is 45.0. The van der Waals surface area contributed by atoms with Crippen LogP contribution >= 0.6 is 0 Å². The second kappa shape index (κ2) is 31.5. The number of phenolic OH excluding ortho intramolecular Hbond substituents is 1. The van der Waals surface area contributed by atoms with Crippen LogP contribution in [0.25, 0.3) is 0 Å². The number of carbonyl (C=O) groups is 7. The van der Waals surface area contributed by atoms with Crippen LogP contribution in [0.15, 0.2) is 24.3 Å². The minimum Gasteiger partial charge on any atom is -0.508 e. The van der Waals surface area contributed by atoms with E-state index in [2.05, 4.69) is 52.7 Å². The lowest BCUT2D eigenvalue weighted by atomic mass is 9.91. The van der Waals surface area contributed by atoms with Crippen molar-refractivity contribution in [2.45, 2.75) is 203 Å². The Morgan fingerprint density at radius 2 is 1.34 bits per heavy atom. The van der Waals surface area contributed by atoms with Gasteiger partial charge in [-0.3, -0.25) is 38.9 Å². The largest absolute Gasteiger partial charge is 0.508 e. The van der Waals surface area contributed by atoms with E-state index in [9.17, 15) is 74.4 Å². The molecule has 16 atom stereocenters.